The lowest BCUT2D eigenvalue weighted by molar-refractivity contribution is 0.574. The fourth-order valence-corrected chi connectivity index (χ4v) is 4.67. The number of anilines is 1. The molecule has 2 aliphatic rings. The van der Waals surface area contributed by atoms with Crippen molar-refractivity contribution in [2.45, 2.75) is 44.9 Å². The largest absolute Gasteiger partial charge is 0.353 e. The van der Waals surface area contributed by atoms with Crippen molar-refractivity contribution in [3.63, 3.8) is 0 Å². The highest BCUT2D eigenvalue weighted by atomic mass is 19.1. The summed E-state index contributed by atoms with van der Waals surface area (Å²) in [7, 11) is 0. The van der Waals surface area contributed by atoms with E-state index in [1.807, 2.05) is 6.07 Å². The van der Waals surface area contributed by atoms with Gasteiger partial charge in [0.15, 0.2) is 5.82 Å². The Labute approximate surface area is 191 Å². The highest BCUT2D eigenvalue weighted by molar-refractivity contribution is 5.97. The zero-order valence-corrected chi connectivity index (χ0v) is 19.2. The predicted molar refractivity (Wildman–Crippen MR) is 128 cm³/mol. The molecule has 6 rings (SSSR count). The van der Waals surface area contributed by atoms with Gasteiger partial charge < -0.3 is 15.2 Å². The third kappa shape index (κ3) is 3.53. The number of pyridine rings is 2. The molecule has 33 heavy (non-hydrogen) atoms. The van der Waals surface area contributed by atoms with Crippen LogP contribution >= 0.6 is 0 Å². The average Bonchev–Trinajstić information content (AvgIpc) is 3.55. The lowest BCUT2D eigenvalue weighted by Crippen LogP contribution is -2.44. The van der Waals surface area contributed by atoms with Crippen molar-refractivity contribution in [2.24, 2.45) is 0 Å². The number of aromatic amines is 1. The van der Waals surface area contributed by atoms with Gasteiger partial charge in [0, 0.05) is 60.6 Å². The summed E-state index contributed by atoms with van der Waals surface area (Å²) in [5, 5.41) is 5.17. The highest BCUT2D eigenvalue weighted by Crippen LogP contribution is 2.45. The fourth-order valence-electron chi connectivity index (χ4n) is 4.67. The van der Waals surface area contributed by atoms with Crippen LogP contribution in [0.1, 0.15) is 50.8 Å². The Bertz CT molecular complexity index is 1360. The summed E-state index contributed by atoms with van der Waals surface area (Å²) in [5.74, 6) is 1.21. The van der Waals surface area contributed by atoms with Crippen LogP contribution in [0.15, 0.2) is 24.5 Å². The Hall–Kier alpha value is -3.13. The van der Waals surface area contributed by atoms with Gasteiger partial charge in [-0.2, -0.15) is 4.39 Å². The quantitative estimate of drug-likeness (QED) is 0.458. The molecule has 170 valence electrons. The molecule has 1 aliphatic heterocycles. The van der Waals surface area contributed by atoms with Crippen molar-refractivity contribution in [3.8, 4) is 11.4 Å². The molecular formula is C25H28FN7. The molecule has 0 radical (unpaired) electrons. The number of hydrogen-bond donors (Lipinski definition) is 2. The maximum atomic E-state index is 15.1. The Morgan fingerprint density at radius 2 is 1.88 bits per heavy atom. The Morgan fingerprint density at radius 3 is 2.61 bits per heavy atom. The number of nitrogens with zero attached hydrogens (tertiary/aromatic N) is 5. The molecule has 0 amide bonds. The maximum absolute atomic E-state index is 15.1. The smallest absolute Gasteiger partial charge is 0.239 e. The minimum absolute atomic E-state index is 0.0522. The molecular weight excluding hydrogens is 417 g/mol. The minimum Gasteiger partial charge on any atom is -0.353 e. The molecule has 0 atom stereocenters. The first-order valence-corrected chi connectivity index (χ1v) is 11.7. The highest BCUT2D eigenvalue weighted by Gasteiger charge is 2.31. The molecule has 4 aromatic heterocycles. The number of rotatable bonds is 3. The number of fused-ring (bicyclic) bond motifs is 2. The molecule has 1 saturated heterocycles. The zero-order valence-electron chi connectivity index (χ0n) is 19.2. The Balaban J connectivity index is 1.61. The Morgan fingerprint density at radius 1 is 1.09 bits per heavy atom. The molecule has 2 fully saturated rings. The monoisotopic (exact) mass is 445 g/mol. The van der Waals surface area contributed by atoms with Gasteiger partial charge in [-0.1, -0.05) is 20.8 Å². The number of piperazine rings is 1. The predicted octanol–water partition coefficient (Wildman–Crippen LogP) is 4.29. The SMILES string of the molecule is CC(C)(C)c1cc2c(-c3nc(N4CCNCC4)c4c(C5CC5)cnc(F)c4n3)ccnc2[nH]1. The van der Waals surface area contributed by atoms with Gasteiger partial charge in [0.2, 0.25) is 5.95 Å². The number of nitrogens with one attached hydrogen (secondary N) is 2. The minimum atomic E-state index is -0.538. The zero-order chi connectivity index (χ0) is 22.7. The average molecular weight is 446 g/mol. The van der Waals surface area contributed by atoms with E-state index in [-0.39, 0.29) is 5.41 Å². The number of halogens is 1. The molecule has 1 saturated carbocycles. The van der Waals surface area contributed by atoms with Crippen molar-refractivity contribution in [3.05, 3.63) is 41.7 Å². The van der Waals surface area contributed by atoms with Crippen molar-refractivity contribution >= 4 is 27.8 Å². The topological polar surface area (TPSA) is 82.6 Å². The fraction of sp³-hybridized carbons (Fsp3) is 0.440. The molecule has 0 unspecified atom stereocenters. The van der Waals surface area contributed by atoms with Gasteiger partial charge in [-0.05, 0) is 36.5 Å². The second-order valence-corrected chi connectivity index (χ2v) is 10.2. The van der Waals surface area contributed by atoms with Crippen LogP contribution in [0.25, 0.3) is 33.3 Å². The van der Waals surface area contributed by atoms with Gasteiger partial charge in [0.05, 0.1) is 5.39 Å². The molecule has 5 heterocycles. The van der Waals surface area contributed by atoms with Crippen LogP contribution in [0.4, 0.5) is 10.2 Å². The first-order chi connectivity index (χ1) is 15.9. The van der Waals surface area contributed by atoms with Gasteiger partial charge in [-0.15, -0.1) is 0 Å². The summed E-state index contributed by atoms with van der Waals surface area (Å²) in [4.78, 5) is 24.1. The normalized spacial score (nSPS) is 17.3. The van der Waals surface area contributed by atoms with Crippen LogP contribution in [0.2, 0.25) is 0 Å². The van der Waals surface area contributed by atoms with E-state index in [1.165, 1.54) is 0 Å². The Kier molecular flexibility index (Phi) is 4.62. The van der Waals surface area contributed by atoms with Gasteiger partial charge in [0.25, 0.3) is 0 Å². The van der Waals surface area contributed by atoms with E-state index < -0.39 is 5.95 Å². The van der Waals surface area contributed by atoms with E-state index >= 15 is 4.39 Å². The van der Waals surface area contributed by atoms with E-state index in [0.29, 0.717) is 17.3 Å². The van der Waals surface area contributed by atoms with Crippen molar-refractivity contribution in [2.75, 3.05) is 31.1 Å². The van der Waals surface area contributed by atoms with Crippen molar-refractivity contribution < 1.29 is 4.39 Å². The summed E-state index contributed by atoms with van der Waals surface area (Å²) in [5.41, 5.74) is 4.06. The van der Waals surface area contributed by atoms with Gasteiger partial charge >= 0.3 is 0 Å². The second kappa shape index (κ2) is 7.45. The molecule has 0 aromatic carbocycles. The maximum Gasteiger partial charge on any atom is 0.239 e. The van der Waals surface area contributed by atoms with Crippen LogP contribution in [0, 0.1) is 5.95 Å². The summed E-state index contributed by atoms with van der Waals surface area (Å²) in [6.07, 6.45) is 5.66. The third-order valence-corrected chi connectivity index (χ3v) is 6.71. The molecule has 2 N–H and O–H groups in total. The van der Waals surface area contributed by atoms with E-state index in [4.69, 9.17) is 9.97 Å². The first-order valence-electron chi connectivity index (χ1n) is 11.7. The molecule has 0 bridgehead atoms. The van der Waals surface area contributed by atoms with E-state index in [0.717, 1.165) is 78.1 Å². The summed E-state index contributed by atoms with van der Waals surface area (Å²) < 4.78 is 15.1. The molecule has 7 nitrogen and oxygen atoms in total. The van der Waals surface area contributed by atoms with Crippen LogP contribution in [-0.2, 0) is 5.41 Å². The third-order valence-electron chi connectivity index (χ3n) is 6.71. The lowest BCUT2D eigenvalue weighted by atomic mass is 9.92. The van der Waals surface area contributed by atoms with Gasteiger partial charge in [0.1, 0.15) is 17.0 Å². The molecule has 1 aliphatic carbocycles. The van der Waals surface area contributed by atoms with E-state index in [2.05, 4.69) is 52.0 Å². The summed E-state index contributed by atoms with van der Waals surface area (Å²) in [6, 6.07) is 4.03. The van der Waals surface area contributed by atoms with Crippen LogP contribution in [0.3, 0.4) is 0 Å². The molecule has 0 spiro atoms. The molecule has 4 aromatic rings. The standard InChI is InChI=1S/C25H28FN7/c1-25(2,3)18-12-16-15(6-7-28-22(16)30-18)23-31-20-19(17(14-4-5-14)13-29-21(20)26)24(32-23)33-10-8-27-9-11-33/h6-7,12-14,27H,4-5,8-11H2,1-3H3,(H,28,30). The second-order valence-electron chi connectivity index (χ2n) is 10.2. The van der Waals surface area contributed by atoms with Crippen molar-refractivity contribution in [1.29, 1.82) is 0 Å². The van der Waals surface area contributed by atoms with Gasteiger partial charge in [-0.25, -0.2) is 19.9 Å². The molecule has 8 heteroatoms. The van der Waals surface area contributed by atoms with Gasteiger partial charge in [-0.3, -0.25) is 0 Å². The van der Waals surface area contributed by atoms with Crippen LogP contribution < -0.4 is 10.2 Å². The van der Waals surface area contributed by atoms with Crippen LogP contribution in [0.5, 0.6) is 0 Å². The lowest BCUT2D eigenvalue weighted by Gasteiger charge is -2.30. The van der Waals surface area contributed by atoms with E-state index in [9.17, 15) is 0 Å². The number of hydrogen-bond acceptors (Lipinski definition) is 6. The summed E-state index contributed by atoms with van der Waals surface area (Å²) >= 11 is 0. The summed E-state index contributed by atoms with van der Waals surface area (Å²) in [6.45, 7) is 9.87. The number of H-pyrrole nitrogens is 1. The first kappa shape index (κ1) is 20.5. The van der Waals surface area contributed by atoms with E-state index in [1.54, 1.807) is 12.4 Å². The van der Waals surface area contributed by atoms with Crippen LogP contribution in [-0.4, -0.2) is 51.1 Å². The number of aromatic nitrogens is 5. The van der Waals surface area contributed by atoms with Crippen molar-refractivity contribution in [1.82, 2.24) is 30.2 Å².